The molecule has 7 heteroatoms. The number of carbonyl (C=O) groups is 1. The number of methoxy groups -OCH3 is 1. The Hall–Kier alpha value is -3.32. The Morgan fingerprint density at radius 3 is 2.24 bits per heavy atom. The van der Waals surface area contributed by atoms with Gasteiger partial charge in [-0.3, -0.25) is 14.6 Å². The topological polar surface area (TPSA) is 32.8 Å². The summed E-state index contributed by atoms with van der Waals surface area (Å²) in [5.41, 5.74) is 1.21. The van der Waals surface area contributed by atoms with Crippen molar-refractivity contribution in [1.82, 2.24) is 4.90 Å². The maximum atomic E-state index is 13.7. The van der Waals surface area contributed by atoms with E-state index in [1.807, 2.05) is 49.1 Å². The molecule has 0 spiro atoms. The molecule has 1 heterocycles. The SMILES string of the molecule is COc1ccc(N(C(=O)c2ccccc2C)C2(C)CN(Cc3ccccc3C(F)(F)F)C2)cc1. The third-order valence-electron chi connectivity index (χ3n) is 6.29. The summed E-state index contributed by atoms with van der Waals surface area (Å²) < 4.78 is 45.6. The van der Waals surface area contributed by atoms with Crippen LogP contribution in [-0.2, 0) is 12.7 Å². The Morgan fingerprint density at radius 2 is 1.62 bits per heavy atom. The molecule has 1 saturated heterocycles. The normalized spacial score (nSPS) is 15.5. The highest BCUT2D eigenvalue weighted by Gasteiger charge is 2.47. The van der Waals surface area contributed by atoms with E-state index in [0.717, 1.165) is 11.6 Å². The van der Waals surface area contributed by atoms with Crippen LogP contribution in [0.4, 0.5) is 18.9 Å². The van der Waals surface area contributed by atoms with Crippen molar-refractivity contribution < 1.29 is 22.7 Å². The number of nitrogens with zero attached hydrogens (tertiary/aromatic N) is 2. The van der Waals surface area contributed by atoms with Gasteiger partial charge in [-0.15, -0.1) is 0 Å². The number of anilines is 1. The summed E-state index contributed by atoms with van der Waals surface area (Å²) in [5, 5.41) is 0. The lowest BCUT2D eigenvalue weighted by molar-refractivity contribution is -0.138. The molecule has 178 valence electrons. The summed E-state index contributed by atoms with van der Waals surface area (Å²) in [6.07, 6.45) is -4.40. The number of ether oxygens (including phenoxy) is 1. The number of halogens is 3. The molecule has 0 atom stereocenters. The largest absolute Gasteiger partial charge is 0.497 e. The van der Waals surface area contributed by atoms with Crippen LogP contribution < -0.4 is 9.64 Å². The number of aryl methyl sites for hydroxylation is 1. The predicted molar refractivity (Wildman–Crippen MR) is 126 cm³/mol. The lowest BCUT2D eigenvalue weighted by atomic mass is 9.87. The van der Waals surface area contributed by atoms with Gasteiger partial charge in [0.15, 0.2) is 0 Å². The van der Waals surface area contributed by atoms with Crippen LogP contribution in [0.5, 0.6) is 5.75 Å². The summed E-state index contributed by atoms with van der Waals surface area (Å²) >= 11 is 0. The average molecular weight is 469 g/mol. The van der Waals surface area contributed by atoms with Gasteiger partial charge in [0.2, 0.25) is 0 Å². The number of hydrogen-bond donors (Lipinski definition) is 0. The lowest BCUT2D eigenvalue weighted by Gasteiger charge is -2.54. The highest BCUT2D eigenvalue weighted by Crippen LogP contribution is 2.38. The summed E-state index contributed by atoms with van der Waals surface area (Å²) in [4.78, 5) is 17.4. The molecular weight excluding hydrogens is 441 g/mol. The summed E-state index contributed by atoms with van der Waals surface area (Å²) in [7, 11) is 1.58. The maximum absolute atomic E-state index is 13.7. The van der Waals surface area contributed by atoms with E-state index in [4.69, 9.17) is 4.74 Å². The van der Waals surface area contributed by atoms with Crippen LogP contribution in [-0.4, -0.2) is 36.5 Å². The first-order valence-corrected chi connectivity index (χ1v) is 11.0. The van der Waals surface area contributed by atoms with E-state index in [0.29, 0.717) is 30.1 Å². The monoisotopic (exact) mass is 468 g/mol. The Labute approximate surface area is 197 Å². The standard InChI is InChI=1S/C27H27F3N2O2/c1-19-8-4-6-10-23(19)25(33)32(21-12-14-22(34-3)15-13-21)26(2)17-31(18-26)16-20-9-5-7-11-24(20)27(28,29)30/h4-15H,16-18H2,1-3H3. The van der Waals surface area contributed by atoms with Crippen molar-refractivity contribution >= 4 is 11.6 Å². The molecule has 1 fully saturated rings. The number of benzene rings is 3. The molecule has 4 nitrogen and oxygen atoms in total. The molecule has 0 bridgehead atoms. The van der Waals surface area contributed by atoms with Crippen LogP contribution in [0.2, 0.25) is 0 Å². The van der Waals surface area contributed by atoms with E-state index in [1.165, 1.54) is 12.1 Å². The fraction of sp³-hybridized carbons (Fsp3) is 0.296. The van der Waals surface area contributed by atoms with E-state index in [1.54, 1.807) is 36.3 Å². The van der Waals surface area contributed by atoms with Gasteiger partial charge < -0.3 is 4.74 Å². The highest BCUT2D eigenvalue weighted by atomic mass is 19.4. The van der Waals surface area contributed by atoms with Gasteiger partial charge in [-0.2, -0.15) is 13.2 Å². The van der Waals surface area contributed by atoms with Gasteiger partial charge in [-0.1, -0.05) is 36.4 Å². The van der Waals surface area contributed by atoms with E-state index in [9.17, 15) is 18.0 Å². The Morgan fingerprint density at radius 1 is 1.00 bits per heavy atom. The fourth-order valence-electron chi connectivity index (χ4n) is 4.68. The smallest absolute Gasteiger partial charge is 0.416 e. The Balaban J connectivity index is 1.62. The van der Waals surface area contributed by atoms with Crippen molar-refractivity contribution in [3.05, 3.63) is 95.1 Å². The second kappa shape index (κ2) is 9.14. The minimum absolute atomic E-state index is 0.138. The first-order valence-electron chi connectivity index (χ1n) is 11.0. The summed E-state index contributed by atoms with van der Waals surface area (Å²) in [5.74, 6) is 0.539. The predicted octanol–water partition coefficient (Wildman–Crippen LogP) is 5.94. The highest BCUT2D eigenvalue weighted by molar-refractivity contribution is 6.08. The van der Waals surface area contributed by atoms with Gasteiger partial charge in [0.1, 0.15) is 5.75 Å². The average Bonchev–Trinajstić information content (AvgIpc) is 2.78. The molecule has 0 radical (unpaired) electrons. The van der Waals surface area contributed by atoms with E-state index in [2.05, 4.69) is 0 Å². The molecule has 3 aromatic carbocycles. The molecule has 1 amide bonds. The molecular formula is C27H27F3N2O2. The fourth-order valence-corrected chi connectivity index (χ4v) is 4.68. The van der Waals surface area contributed by atoms with Crippen molar-refractivity contribution in [2.75, 3.05) is 25.1 Å². The van der Waals surface area contributed by atoms with Crippen molar-refractivity contribution in [2.24, 2.45) is 0 Å². The molecule has 0 aromatic heterocycles. The maximum Gasteiger partial charge on any atom is 0.416 e. The van der Waals surface area contributed by atoms with Gasteiger partial charge in [0.25, 0.3) is 5.91 Å². The van der Waals surface area contributed by atoms with E-state index in [-0.39, 0.29) is 18.0 Å². The number of carbonyl (C=O) groups excluding carboxylic acids is 1. The van der Waals surface area contributed by atoms with Crippen molar-refractivity contribution in [3.8, 4) is 5.75 Å². The van der Waals surface area contributed by atoms with E-state index < -0.39 is 17.3 Å². The second-order valence-corrected chi connectivity index (χ2v) is 8.95. The first-order chi connectivity index (χ1) is 16.1. The van der Waals surface area contributed by atoms with Crippen molar-refractivity contribution in [3.63, 3.8) is 0 Å². The molecule has 0 unspecified atom stereocenters. The van der Waals surface area contributed by atoms with Crippen molar-refractivity contribution in [1.29, 1.82) is 0 Å². The Kier molecular flexibility index (Phi) is 6.41. The molecule has 34 heavy (non-hydrogen) atoms. The van der Waals surface area contributed by atoms with Crippen LogP contribution in [0, 0.1) is 6.92 Å². The molecule has 4 rings (SSSR count). The number of hydrogen-bond acceptors (Lipinski definition) is 3. The third-order valence-corrected chi connectivity index (χ3v) is 6.29. The van der Waals surface area contributed by atoms with E-state index >= 15 is 0 Å². The number of alkyl halides is 3. The van der Waals surface area contributed by atoms with Gasteiger partial charge in [0, 0.05) is 30.9 Å². The van der Waals surface area contributed by atoms with Gasteiger partial charge in [-0.25, -0.2) is 0 Å². The quantitative estimate of drug-likeness (QED) is 0.449. The molecule has 0 N–H and O–H groups in total. The molecule has 0 saturated carbocycles. The second-order valence-electron chi connectivity index (χ2n) is 8.95. The van der Waals surface area contributed by atoms with Gasteiger partial charge >= 0.3 is 6.18 Å². The first kappa shape index (κ1) is 23.8. The van der Waals surface area contributed by atoms with Crippen LogP contribution in [0.1, 0.15) is 34.0 Å². The molecule has 1 aliphatic rings. The van der Waals surface area contributed by atoms with Gasteiger partial charge in [-0.05, 0) is 61.4 Å². The minimum Gasteiger partial charge on any atom is -0.497 e. The van der Waals surface area contributed by atoms with Crippen molar-refractivity contribution in [2.45, 2.75) is 32.1 Å². The Bertz CT molecular complexity index is 1170. The minimum atomic E-state index is -4.40. The summed E-state index contributed by atoms with van der Waals surface area (Å²) in [6, 6.07) is 20.3. The lowest BCUT2D eigenvalue weighted by Crippen LogP contribution is -2.69. The zero-order valence-corrected chi connectivity index (χ0v) is 19.4. The van der Waals surface area contributed by atoms with Gasteiger partial charge in [0.05, 0.1) is 18.2 Å². The van der Waals surface area contributed by atoms with Crippen LogP contribution in [0.15, 0.2) is 72.8 Å². The zero-order valence-electron chi connectivity index (χ0n) is 19.4. The van der Waals surface area contributed by atoms with Crippen LogP contribution in [0.3, 0.4) is 0 Å². The third kappa shape index (κ3) is 4.66. The van der Waals surface area contributed by atoms with Crippen LogP contribution >= 0.6 is 0 Å². The van der Waals surface area contributed by atoms with Crippen LogP contribution in [0.25, 0.3) is 0 Å². The zero-order chi connectivity index (χ0) is 24.5. The number of likely N-dealkylation sites (tertiary alicyclic amines) is 1. The molecule has 3 aromatic rings. The molecule has 1 aliphatic heterocycles. The number of rotatable bonds is 6. The summed E-state index contributed by atoms with van der Waals surface area (Å²) in [6.45, 7) is 4.93. The molecule has 0 aliphatic carbocycles. The number of amides is 1.